The largest absolute Gasteiger partial charge is 0.445 e. The molecule has 0 bridgehead atoms. The minimum Gasteiger partial charge on any atom is -0.445 e. The van der Waals surface area contributed by atoms with Gasteiger partial charge in [0, 0.05) is 4.98 Å². The number of nitrogens with zero attached hydrogens (tertiary/aromatic N) is 3. The van der Waals surface area contributed by atoms with Crippen molar-refractivity contribution in [3.8, 4) is 6.01 Å². The number of aromatic nitrogens is 2. The highest BCUT2D eigenvalue weighted by Gasteiger charge is 2.41. The molecule has 0 saturated heterocycles. The molecular weight excluding hydrogens is 232 g/mol. The Balaban J connectivity index is 2.08. The number of nitrogens with two attached hydrogens (primary N) is 1. The van der Waals surface area contributed by atoms with Crippen molar-refractivity contribution in [1.29, 1.82) is 0 Å². The summed E-state index contributed by atoms with van der Waals surface area (Å²) in [6, 6.07) is 0.132. The standard InChI is InChI=1S/C8H10N4O5/c1-8(4-16-6(9)13)3-11-2-5(12(14)15)10-7(11)17-8/h2H,3-4H2,1H3,(H2,9,13). The Bertz CT molecular complexity index is 459. The molecule has 2 heterocycles. The average Bonchev–Trinajstić information content (AvgIpc) is 2.70. The van der Waals surface area contributed by atoms with Crippen LogP contribution in [0.25, 0.3) is 0 Å². The number of rotatable bonds is 3. The molecule has 9 heteroatoms. The van der Waals surface area contributed by atoms with E-state index in [9.17, 15) is 14.9 Å². The smallest absolute Gasteiger partial charge is 0.415 e. The highest BCUT2D eigenvalue weighted by atomic mass is 16.6. The Kier molecular flexibility index (Phi) is 2.37. The minimum absolute atomic E-state index is 0.0422. The summed E-state index contributed by atoms with van der Waals surface area (Å²) in [4.78, 5) is 24.0. The number of primary amides is 1. The second-order valence-corrected chi connectivity index (χ2v) is 3.93. The van der Waals surface area contributed by atoms with Crippen LogP contribution < -0.4 is 10.5 Å². The maximum absolute atomic E-state index is 10.5. The zero-order valence-electron chi connectivity index (χ0n) is 8.95. The third-order valence-electron chi connectivity index (χ3n) is 2.28. The Labute approximate surface area is 95.3 Å². The quantitative estimate of drug-likeness (QED) is 0.589. The predicted molar refractivity (Wildman–Crippen MR) is 53.4 cm³/mol. The molecule has 1 atom stereocenters. The second-order valence-electron chi connectivity index (χ2n) is 3.93. The molecule has 2 rings (SSSR count). The van der Waals surface area contributed by atoms with E-state index in [-0.39, 0.29) is 18.4 Å². The van der Waals surface area contributed by atoms with Crippen LogP contribution in [0.5, 0.6) is 6.01 Å². The number of hydrogen-bond acceptors (Lipinski definition) is 6. The van der Waals surface area contributed by atoms with E-state index >= 15 is 0 Å². The summed E-state index contributed by atoms with van der Waals surface area (Å²) in [5.74, 6) is -0.280. The molecule has 1 aliphatic heterocycles. The molecule has 0 saturated carbocycles. The van der Waals surface area contributed by atoms with E-state index in [1.54, 1.807) is 6.92 Å². The van der Waals surface area contributed by atoms with E-state index in [0.717, 1.165) is 0 Å². The molecule has 1 aliphatic rings. The number of imidazole rings is 1. The van der Waals surface area contributed by atoms with Crippen molar-refractivity contribution in [2.24, 2.45) is 5.73 Å². The van der Waals surface area contributed by atoms with Crippen LogP contribution in [0.2, 0.25) is 0 Å². The molecule has 0 fully saturated rings. The summed E-state index contributed by atoms with van der Waals surface area (Å²) in [5.41, 5.74) is 4.05. The monoisotopic (exact) mass is 242 g/mol. The molecule has 1 unspecified atom stereocenters. The molecule has 1 aromatic heterocycles. The van der Waals surface area contributed by atoms with Crippen LogP contribution in [0.15, 0.2) is 6.20 Å². The van der Waals surface area contributed by atoms with Crippen LogP contribution in [0.1, 0.15) is 6.92 Å². The second kappa shape index (κ2) is 3.61. The van der Waals surface area contributed by atoms with Gasteiger partial charge in [-0.2, -0.15) is 0 Å². The highest BCUT2D eigenvalue weighted by molar-refractivity contribution is 5.64. The summed E-state index contributed by atoms with van der Waals surface area (Å²) in [6.07, 6.45) is 0.371. The maximum atomic E-state index is 10.5. The first-order valence-corrected chi connectivity index (χ1v) is 4.72. The number of amides is 1. The Morgan fingerprint density at radius 2 is 2.59 bits per heavy atom. The number of nitro groups is 1. The lowest BCUT2D eigenvalue weighted by atomic mass is 10.1. The van der Waals surface area contributed by atoms with E-state index in [0.29, 0.717) is 6.54 Å². The van der Waals surface area contributed by atoms with Gasteiger partial charge in [-0.1, -0.05) is 0 Å². The van der Waals surface area contributed by atoms with Gasteiger partial charge in [-0.25, -0.2) is 4.79 Å². The molecule has 2 N–H and O–H groups in total. The van der Waals surface area contributed by atoms with Gasteiger partial charge in [0.1, 0.15) is 12.8 Å². The van der Waals surface area contributed by atoms with Gasteiger partial charge in [-0.3, -0.25) is 4.57 Å². The average molecular weight is 242 g/mol. The third kappa shape index (κ3) is 2.12. The lowest BCUT2D eigenvalue weighted by Crippen LogP contribution is -2.38. The SMILES string of the molecule is CC1(COC(N)=O)Cn2cc([N+](=O)[O-])nc2O1. The van der Waals surface area contributed by atoms with E-state index < -0.39 is 16.6 Å². The Hall–Kier alpha value is -2.32. The van der Waals surface area contributed by atoms with Crippen LogP contribution >= 0.6 is 0 Å². The lowest BCUT2D eigenvalue weighted by molar-refractivity contribution is -0.389. The van der Waals surface area contributed by atoms with Crippen LogP contribution in [0.4, 0.5) is 10.6 Å². The lowest BCUT2D eigenvalue weighted by Gasteiger charge is -2.20. The predicted octanol–water partition coefficient (Wildman–Crippen LogP) is 0.0377. The third-order valence-corrected chi connectivity index (χ3v) is 2.28. The number of fused-ring (bicyclic) bond motifs is 1. The van der Waals surface area contributed by atoms with Gasteiger partial charge in [-0.05, 0) is 11.8 Å². The van der Waals surface area contributed by atoms with Crippen molar-refractivity contribution < 1.29 is 19.2 Å². The fraction of sp³-hybridized carbons (Fsp3) is 0.500. The van der Waals surface area contributed by atoms with Crippen molar-refractivity contribution in [3.05, 3.63) is 16.3 Å². The summed E-state index contributed by atoms with van der Waals surface area (Å²) < 4.78 is 11.5. The molecule has 1 aromatic rings. The van der Waals surface area contributed by atoms with Crippen LogP contribution in [0, 0.1) is 10.1 Å². The number of carbonyl (C=O) groups excluding carboxylic acids is 1. The Morgan fingerprint density at radius 3 is 3.12 bits per heavy atom. The Morgan fingerprint density at radius 1 is 1.88 bits per heavy atom. The first-order chi connectivity index (χ1) is 7.89. The number of ether oxygens (including phenoxy) is 2. The molecule has 9 nitrogen and oxygen atoms in total. The first kappa shape index (κ1) is 11.2. The van der Waals surface area contributed by atoms with Gasteiger partial charge in [0.05, 0.1) is 6.54 Å². The van der Waals surface area contributed by atoms with E-state index in [2.05, 4.69) is 9.72 Å². The maximum Gasteiger partial charge on any atom is 0.415 e. The van der Waals surface area contributed by atoms with Crippen LogP contribution in [-0.4, -0.2) is 32.8 Å². The highest BCUT2D eigenvalue weighted by Crippen LogP contribution is 2.30. The minimum atomic E-state index is -0.898. The zero-order chi connectivity index (χ0) is 12.6. The van der Waals surface area contributed by atoms with Gasteiger partial charge in [0.25, 0.3) is 0 Å². The molecule has 1 amide bonds. The molecule has 17 heavy (non-hydrogen) atoms. The van der Waals surface area contributed by atoms with Gasteiger partial charge < -0.3 is 25.3 Å². The van der Waals surface area contributed by atoms with Gasteiger partial charge in [0.15, 0.2) is 5.60 Å². The van der Waals surface area contributed by atoms with Gasteiger partial charge in [0.2, 0.25) is 0 Å². The number of hydrogen-bond donors (Lipinski definition) is 1. The molecule has 92 valence electrons. The zero-order valence-corrected chi connectivity index (χ0v) is 8.95. The normalized spacial score (nSPS) is 21.7. The summed E-state index contributed by atoms with van der Waals surface area (Å²) in [7, 11) is 0. The van der Waals surface area contributed by atoms with Crippen molar-refractivity contribution >= 4 is 11.9 Å². The molecule has 0 spiro atoms. The molecule has 0 aromatic carbocycles. The van der Waals surface area contributed by atoms with Crippen molar-refractivity contribution in [2.75, 3.05) is 6.61 Å². The fourth-order valence-electron chi connectivity index (χ4n) is 1.58. The van der Waals surface area contributed by atoms with Gasteiger partial charge >= 0.3 is 17.9 Å². The van der Waals surface area contributed by atoms with Gasteiger partial charge in [-0.15, -0.1) is 0 Å². The first-order valence-electron chi connectivity index (χ1n) is 4.72. The summed E-state index contributed by atoms with van der Waals surface area (Å²) in [5, 5.41) is 10.5. The molecule has 0 aliphatic carbocycles. The van der Waals surface area contributed by atoms with E-state index in [4.69, 9.17) is 10.5 Å². The van der Waals surface area contributed by atoms with E-state index in [1.165, 1.54) is 10.8 Å². The van der Waals surface area contributed by atoms with Crippen molar-refractivity contribution in [1.82, 2.24) is 9.55 Å². The summed E-state index contributed by atoms with van der Waals surface area (Å²) >= 11 is 0. The van der Waals surface area contributed by atoms with E-state index in [1.807, 2.05) is 0 Å². The van der Waals surface area contributed by atoms with Crippen molar-refractivity contribution in [3.63, 3.8) is 0 Å². The molecule has 0 radical (unpaired) electrons. The van der Waals surface area contributed by atoms with Crippen LogP contribution in [0.3, 0.4) is 0 Å². The fourth-order valence-corrected chi connectivity index (χ4v) is 1.58. The van der Waals surface area contributed by atoms with Crippen molar-refractivity contribution in [2.45, 2.75) is 19.1 Å². The van der Waals surface area contributed by atoms with Crippen LogP contribution in [-0.2, 0) is 11.3 Å². The molecular formula is C8H10N4O5. The topological polar surface area (TPSA) is 123 Å². The summed E-state index contributed by atoms with van der Waals surface area (Å²) in [6.45, 7) is 1.95. The number of carbonyl (C=O) groups is 1.